The van der Waals surface area contributed by atoms with Crippen molar-refractivity contribution in [1.29, 1.82) is 0 Å². The summed E-state index contributed by atoms with van der Waals surface area (Å²) in [6.07, 6.45) is 0.0630. The third-order valence-corrected chi connectivity index (χ3v) is 2.84. The van der Waals surface area contributed by atoms with Gasteiger partial charge in [-0.15, -0.1) is 0 Å². The molecule has 0 fully saturated rings. The number of ether oxygens (including phenoxy) is 3. The Bertz CT molecular complexity index is 329. The van der Waals surface area contributed by atoms with Gasteiger partial charge in [0, 0.05) is 32.5 Å². The minimum absolute atomic E-state index is 0.0945. The summed E-state index contributed by atoms with van der Waals surface area (Å²) in [4.78, 5) is 22.7. The summed E-state index contributed by atoms with van der Waals surface area (Å²) in [5.74, 6) is -0.382. The largest absolute Gasteiger partial charge is 0.395 e. The molecule has 0 aliphatic rings. The Morgan fingerprint density at radius 2 is 1.46 bits per heavy atom. The molecule has 0 aromatic carbocycles. The Kier molecular flexibility index (Phi) is 15.7. The molecule has 0 rings (SSSR count). The molecule has 24 heavy (non-hydrogen) atoms. The van der Waals surface area contributed by atoms with Gasteiger partial charge in [-0.05, 0) is 6.92 Å². The number of rotatable bonds is 16. The van der Waals surface area contributed by atoms with Crippen molar-refractivity contribution in [2.75, 3.05) is 59.3 Å². The molecule has 4 N–H and O–H groups in total. The van der Waals surface area contributed by atoms with Crippen LogP contribution in [0.1, 0.15) is 19.8 Å². The number of hydrogen-bond donors (Lipinski definition) is 4. The number of aliphatic hydroxyl groups is 2. The van der Waals surface area contributed by atoms with Gasteiger partial charge in [-0.25, -0.2) is 0 Å². The van der Waals surface area contributed by atoms with Gasteiger partial charge in [0.25, 0.3) is 0 Å². The van der Waals surface area contributed by atoms with E-state index in [0.717, 1.165) is 0 Å². The van der Waals surface area contributed by atoms with Crippen molar-refractivity contribution in [3.8, 4) is 0 Å². The van der Waals surface area contributed by atoms with E-state index < -0.39 is 0 Å². The minimum Gasteiger partial charge on any atom is -0.395 e. The summed E-state index contributed by atoms with van der Waals surface area (Å²) >= 11 is 0. The summed E-state index contributed by atoms with van der Waals surface area (Å²) in [5, 5.41) is 22.3. The van der Waals surface area contributed by atoms with Crippen LogP contribution in [0.5, 0.6) is 0 Å². The zero-order valence-electron chi connectivity index (χ0n) is 14.3. The molecule has 0 heterocycles. The Balaban J connectivity index is 3.87. The molecule has 9 heteroatoms. The smallest absolute Gasteiger partial charge is 0.222 e. The van der Waals surface area contributed by atoms with Crippen LogP contribution in [0.3, 0.4) is 0 Å². The third-order valence-electron chi connectivity index (χ3n) is 2.84. The van der Waals surface area contributed by atoms with Crippen molar-refractivity contribution < 1.29 is 34.0 Å². The zero-order chi connectivity index (χ0) is 18.0. The number of hydrogen-bond acceptors (Lipinski definition) is 7. The van der Waals surface area contributed by atoms with Crippen molar-refractivity contribution >= 4 is 11.8 Å². The van der Waals surface area contributed by atoms with Crippen molar-refractivity contribution in [3.63, 3.8) is 0 Å². The number of nitrogens with one attached hydrogen (secondary N) is 2. The lowest BCUT2D eigenvalue weighted by Crippen LogP contribution is -2.31. The maximum absolute atomic E-state index is 11.4. The molecule has 0 aromatic rings. The molecule has 2 amide bonds. The van der Waals surface area contributed by atoms with Crippen molar-refractivity contribution in [2.45, 2.75) is 25.9 Å². The summed E-state index contributed by atoms with van der Waals surface area (Å²) in [6.45, 7) is 3.72. The van der Waals surface area contributed by atoms with Crippen LogP contribution in [-0.2, 0) is 23.8 Å². The van der Waals surface area contributed by atoms with E-state index >= 15 is 0 Å². The lowest BCUT2D eigenvalue weighted by molar-refractivity contribution is -0.125. The summed E-state index contributed by atoms with van der Waals surface area (Å²) in [6, 6.07) is 0. The lowest BCUT2D eigenvalue weighted by Gasteiger charge is -2.18. The van der Waals surface area contributed by atoms with Crippen molar-refractivity contribution in [2.24, 2.45) is 0 Å². The number of carbonyl (C=O) groups excluding carboxylic acids is 2. The van der Waals surface area contributed by atoms with E-state index in [1.807, 2.05) is 6.92 Å². The van der Waals surface area contributed by atoms with Crippen LogP contribution >= 0.6 is 0 Å². The van der Waals surface area contributed by atoms with Gasteiger partial charge in [-0.1, -0.05) is 0 Å². The lowest BCUT2D eigenvalue weighted by atomic mass is 10.3. The van der Waals surface area contributed by atoms with E-state index in [0.29, 0.717) is 13.2 Å². The van der Waals surface area contributed by atoms with Gasteiger partial charge < -0.3 is 35.1 Å². The average molecular weight is 350 g/mol. The molecule has 142 valence electrons. The Labute approximate surface area is 142 Å². The third kappa shape index (κ3) is 14.3. The highest BCUT2D eigenvalue weighted by Gasteiger charge is 2.11. The summed E-state index contributed by atoms with van der Waals surface area (Å²) in [7, 11) is 0. The van der Waals surface area contributed by atoms with Crippen LogP contribution in [0.15, 0.2) is 0 Å². The molecule has 0 radical (unpaired) electrons. The van der Waals surface area contributed by atoms with Crippen LogP contribution < -0.4 is 10.6 Å². The quantitative estimate of drug-likeness (QED) is 0.248. The van der Waals surface area contributed by atoms with Gasteiger partial charge in [-0.2, -0.15) is 0 Å². The van der Waals surface area contributed by atoms with Crippen molar-refractivity contribution in [3.05, 3.63) is 0 Å². The highest BCUT2D eigenvalue weighted by atomic mass is 16.6. The predicted molar refractivity (Wildman–Crippen MR) is 86.5 cm³/mol. The maximum atomic E-state index is 11.4. The fourth-order valence-corrected chi connectivity index (χ4v) is 1.66. The Hall–Kier alpha value is -1.26. The van der Waals surface area contributed by atoms with Gasteiger partial charge >= 0.3 is 0 Å². The number of carbonyl (C=O) groups is 2. The van der Waals surface area contributed by atoms with Gasteiger partial charge in [-0.3, -0.25) is 9.59 Å². The summed E-state index contributed by atoms with van der Waals surface area (Å²) < 4.78 is 16.3. The van der Waals surface area contributed by atoms with Crippen molar-refractivity contribution in [1.82, 2.24) is 10.6 Å². The second-order valence-electron chi connectivity index (χ2n) is 4.87. The van der Waals surface area contributed by atoms with E-state index in [2.05, 4.69) is 10.6 Å². The van der Waals surface area contributed by atoms with E-state index in [1.165, 1.54) is 0 Å². The Morgan fingerprint density at radius 1 is 0.917 bits per heavy atom. The number of aliphatic hydroxyl groups excluding tert-OH is 2. The summed E-state index contributed by atoms with van der Waals surface area (Å²) in [5.41, 5.74) is 0. The number of amides is 2. The molecule has 0 saturated carbocycles. The standard InChI is InChI=1S/C15H30N2O7/c1-2-22-11-13(24-10-4-15(21)17-6-8-19)12-23-9-3-14(20)16-5-7-18/h13,18-19H,2-12H2,1H3,(H,16,20)(H,17,21). The molecule has 0 aliphatic heterocycles. The SMILES string of the molecule is CCOCC(COCCC(=O)NCCO)OCCC(=O)NCCO. The first-order valence-electron chi connectivity index (χ1n) is 8.16. The van der Waals surface area contributed by atoms with Crippen LogP contribution in [0.2, 0.25) is 0 Å². The van der Waals surface area contributed by atoms with Gasteiger partial charge in [0.15, 0.2) is 0 Å². The maximum Gasteiger partial charge on any atom is 0.222 e. The molecule has 0 saturated heterocycles. The molecular formula is C15H30N2O7. The van der Waals surface area contributed by atoms with Crippen LogP contribution in [0, 0.1) is 0 Å². The van der Waals surface area contributed by atoms with E-state index in [1.54, 1.807) is 0 Å². The fraction of sp³-hybridized carbons (Fsp3) is 0.867. The molecular weight excluding hydrogens is 320 g/mol. The molecule has 0 spiro atoms. The topological polar surface area (TPSA) is 126 Å². The second-order valence-corrected chi connectivity index (χ2v) is 4.87. The van der Waals surface area contributed by atoms with Gasteiger partial charge in [0.2, 0.25) is 11.8 Å². The highest BCUT2D eigenvalue weighted by molar-refractivity contribution is 5.76. The molecule has 0 bridgehead atoms. The molecule has 1 unspecified atom stereocenters. The molecule has 0 aliphatic carbocycles. The normalized spacial score (nSPS) is 12.0. The first-order chi connectivity index (χ1) is 11.6. The predicted octanol–water partition coefficient (Wildman–Crippen LogP) is -1.58. The first-order valence-corrected chi connectivity index (χ1v) is 8.16. The van der Waals surface area contributed by atoms with E-state index in [-0.39, 0.29) is 76.9 Å². The van der Waals surface area contributed by atoms with Crippen LogP contribution in [0.25, 0.3) is 0 Å². The molecule has 9 nitrogen and oxygen atoms in total. The minimum atomic E-state index is -0.323. The van der Waals surface area contributed by atoms with Gasteiger partial charge in [0.05, 0.1) is 39.6 Å². The first kappa shape index (κ1) is 22.7. The fourth-order valence-electron chi connectivity index (χ4n) is 1.66. The molecule has 0 aromatic heterocycles. The highest BCUT2D eigenvalue weighted by Crippen LogP contribution is 1.98. The molecule has 1 atom stereocenters. The second kappa shape index (κ2) is 16.6. The van der Waals surface area contributed by atoms with Crippen LogP contribution in [0.4, 0.5) is 0 Å². The zero-order valence-corrected chi connectivity index (χ0v) is 14.3. The van der Waals surface area contributed by atoms with Gasteiger partial charge in [0.1, 0.15) is 6.10 Å². The average Bonchev–Trinajstić information content (AvgIpc) is 2.58. The Morgan fingerprint density at radius 3 is 2.00 bits per heavy atom. The van der Waals surface area contributed by atoms with E-state index in [9.17, 15) is 9.59 Å². The van der Waals surface area contributed by atoms with Crippen LogP contribution in [-0.4, -0.2) is 87.5 Å². The monoisotopic (exact) mass is 350 g/mol. The van der Waals surface area contributed by atoms with E-state index in [4.69, 9.17) is 24.4 Å².